The van der Waals surface area contributed by atoms with E-state index in [-0.39, 0.29) is 33.1 Å². The average molecular weight is 292 g/mol. The van der Waals surface area contributed by atoms with Crippen LogP contribution in [-0.2, 0) is 0 Å². The van der Waals surface area contributed by atoms with E-state index in [1.165, 1.54) is 13.8 Å². The summed E-state index contributed by atoms with van der Waals surface area (Å²) < 4.78 is 5.31. The van der Waals surface area contributed by atoms with Crippen LogP contribution in [0.2, 0.25) is 0 Å². The molecule has 0 aliphatic heterocycles. The number of furan rings is 1. The first-order valence-corrected chi connectivity index (χ1v) is 6.00. The molecule has 2 aromatic carbocycles. The van der Waals surface area contributed by atoms with Gasteiger partial charge in [0.25, 0.3) is 0 Å². The van der Waals surface area contributed by atoms with Gasteiger partial charge in [0.2, 0.25) is 0 Å². The van der Waals surface area contributed by atoms with Gasteiger partial charge in [0, 0.05) is 11.1 Å². The molecule has 0 spiro atoms. The van der Waals surface area contributed by atoms with Gasteiger partial charge >= 0.3 is 0 Å². The van der Waals surface area contributed by atoms with Crippen molar-refractivity contribution in [1.29, 1.82) is 0 Å². The lowest BCUT2D eigenvalue weighted by Crippen LogP contribution is -1.82. The second kappa shape index (κ2) is 3.78. The first-order chi connectivity index (χ1) is 9.77. The first-order valence-electron chi connectivity index (χ1n) is 6.00. The number of aromatic hydroxyl groups is 6. The summed E-state index contributed by atoms with van der Waals surface area (Å²) in [4.78, 5) is 0. The van der Waals surface area contributed by atoms with Crippen molar-refractivity contribution < 1.29 is 35.1 Å². The standard InChI is InChI=1S/C14H12O7/c1-3-7(15)11(19)5-6-12(20)8(16)4(2)10(18)14(6)21-13(5)9(3)17/h15-20H,1-2H3. The number of phenolic OH excluding ortho intramolecular Hbond substituents is 6. The molecule has 0 aliphatic rings. The number of benzene rings is 2. The summed E-state index contributed by atoms with van der Waals surface area (Å²) in [6, 6.07) is 0. The van der Waals surface area contributed by atoms with Gasteiger partial charge in [-0.2, -0.15) is 0 Å². The van der Waals surface area contributed by atoms with E-state index in [0.717, 1.165) is 0 Å². The number of phenols is 6. The Bertz CT molecular complexity index is 847. The molecular weight excluding hydrogens is 280 g/mol. The highest BCUT2D eigenvalue weighted by Crippen LogP contribution is 2.54. The average Bonchev–Trinajstić information content (AvgIpc) is 2.87. The third-order valence-electron chi connectivity index (χ3n) is 3.68. The van der Waals surface area contributed by atoms with Crippen molar-refractivity contribution in [3.8, 4) is 34.5 Å². The van der Waals surface area contributed by atoms with Crippen LogP contribution in [0.1, 0.15) is 11.1 Å². The maximum atomic E-state index is 10.0. The minimum absolute atomic E-state index is 0.0148. The Morgan fingerprint density at radius 1 is 0.524 bits per heavy atom. The minimum Gasteiger partial charge on any atom is -0.504 e. The van der Waals surface area contributed by atoms with Crippen LogP contribution in [0.4, 0.5) is 0 Å². The van der Waals surface area contributed by atoms with Crippen LogP contribution < -0.4 is 0 Å². The zero-order valence-corrected chi connectivity index (χ0v) is 11.1. The van der Waals surface area contributed by atoms with E-state index < -0.39 is 34.5 Å². The molecular formula is C14H12O7. The fourth-order valence-electron chi connectivity index (χ4n) is 2.37. The van der Waals surface area contributed by atoms with Crippen molar-refractivity contribution in [3.63, 3.8) is 0 Å². The van der Waals surface area contributed by atoms with Gasteiger partial charge in [0.15, 0.2) is 45.7 Å². The number of hydrogen-bond acceptors (Lipinski definition) is 7. The van der Waals surface area contributed by atoms with Gasteiger partial charge in [-0.1, -0.05) is 0 Å². The molecule has 7 nitrogen and oxygen atoms in total. The summed E-state index contributed by atoms with van der Waals surface area (Å²) in [5.74, 6) is -3.29. The van der Waals surface area contributed by atoms with Crippen LogP contribution in [0.3, 0.4) is 0 Å². The molecule has 0 fully saturated rings. The highest BCUT2D eigenvalue weighted by molar-refractivity contribution is 6.16. The molecule has 0 saturated carbocycles. The van der Waals surface area contributed by atoms with Gasteiger partial charge in [-0.05, 0) is 13.8 Å². The zero-order chi connectivity index (χ0) is 15.6. The summed E-state index contributed by atoms with van der Waals surface area (Å²) >= 11 is 0. The Balaban J connectivity index is 2.73. The van der Waals surface area contributed by atoms with E-state index in [4.69, 9.17) is 4.42 Å². The van der Waals surface area contributed by atoms with E-state index in [9.17, 15) is 30.6 Å². The summed E-state index contributed by atoms with van der Waals surface area (Å²) in [7, 11) is 0. The molecule has 0 unspecified atom stereocenters. The maximum Gasteiger partial charge on any atom is 0.181 e. The molecule has 1 aromatic heterocycles. The van der Waals surface area contributed by atoms with Gasteiger partial charge in [0.05, 0.1) is 10.8 Å². The Morgan fingerprint density at radius 3 is 1.19 bits per heavy atom. The van der Waals surface area contributed by atoms with Crippen LogP contribution in [-0.4, -0.2) is 30.6 Å². The third-order valence-corrected chi connectivity index (χ3v) is 3.68. The summed E-state index contributed by atoms with van der Waals surface area (Å²) in [5.41, 5.74) is -0.459. The van der Waals surface area contributed by atoms with Gasteiger partial charge in [-0.15, -0.1) is 0 Å². The highest BCUT2D eigenvalue weighted by atomic mass is 16.4. The van der Waals surface area contributed by atoms with Crippen molar-refractivity contribution in [2.24, 2.45) is 0 Å². The van der Waals surface area contributed by atoms with Gasteiger partial charge in [0.1, 0.15) is 0 Å². The maximum absolute atomic E-state index is 10.0. The Labute approximate surface area is 117 Å². The van der Waals surface area contributed by atoms with Gasteiger partial charge in [-0.25, -0.2) is 0 Å². The van der Waals surface area contributed by atoms with Crippen molar-refractivity contribution in [1.82, 2.24) is 0 Å². The molecule has 3 aromatic rings. The molecule has 21 heavy (non-hydrogen) atoms. The van der Waals surface area contributed by atoms with E-state index >= 15 is 0 Å². The molecule has 0 aliphatic carbocycles. The predicted octanol–water partition coefficient (Wildman–Crippen LogP) is 2.44. The van der Waals surface area contributed by atoms with Crippen LogP contribution >= 0.6 is 0 Å². The number of fused-ring (bicyclic) bond motifs is 3. The smallest absolute Gasteiger partial charge is 0.181 e. The normalized spacial score (nSPS) is 11.5. The monoisotopic (exact) mass is 292 g/mol. The van der Waals surface area contributed by atoms with Crippen molar-refractivity contribution in [2.75, 3.05) is 0 Å². The van der Waals surface area contributed by atoms with E-state index in [1.54, 1.807) is 0 Å². The van der Waals surface area contributed by atoms with Crippen molar-refractivity contribution >= 4 is 21.9 Å². The quantitative estimate of drug-likeness (QED) is 0.277. The Morgan fingerprint density at radius 2 is 0.857 bits per heavy atom. The topological polar surface area (TPSA) is 135 Å². The van der Waals surface area contributed by atoms with Crippen molar-refractivity contribution in [2.45, 2.75) is 13.8 Å². The molecule has 0 saturated heterocycles. The Hall–Kier alpha value is -2.96. The third kappa shape index (κ3) is 1.37. The van der Waals surface area contributed by atoms with E-state index in [2.05, 4.69) is 0 Å². The van der Waals surface area contributed by atoms with Crippen LogP contribution in [0, 0.1) is 13.8 Å². The lowest BCUT2D eigenvalue weighted by Gasteiger charge is -2.07. The van der Waals surface area contributed by atoms with Crippen LogP contribution in [0.15, 0.2) is 4.42 Å². The largest absolute Gasteiger partial charge is 0.504 e. The first kappa shape index (κ1) is 13.0. The second-order valence-corrected chi connectivity index (χ2v) is 4.85. The fourth-order valence-corrected chi connectivity index (χ4v) is 2.37. The zero-order valence-electron chi connectivity index (χ0n) is 11.1. The summed E-state index contributed by atoms with van der Waals surface area (Å²) in [6.07, 6.45) is 0. The van der Waals surface area contributed by atoms with E-state index in [0.29, 0.717) is 0 Å². The van der Waals surface area contributed by atoms with Gasteiger partial charge < -0.3 is 35.1 Å². The predicted molar refractivity (Wildman–Crippen MR) is 73.2 cm³/mol. The molecule has 110 valence electrons. The molecule has 6 N–H and O–H groups in total. The van der Waals surface area contributed by atoms with Crippen molar-refractivity contribution in [3.05, 3.63) is 11.1 Å². The fraction of sp³-hybridized carbons (Fsp3) is 0.143. The highest BCUT2D eigenvalue weighted by Gasteiger charge is 2.27. The molecule has 3 rings (SSSR count). The number of hydrogen-bond donors (Lipinski definition) is 6. The lowest BCUT2D eigenvalue weighted by molar-refractivity contribution is 0.395. The molecule has 7 heteroatoms. The van der Waals surface area contributed by atoms with E-state index in [1.807, 2.05) is 0 Å². The molecule has 0 amide bonds. The number of rotatable bonds is 0. The van der Waals surface area contributed by atoms with Gasteiger partial charge in [-0.3, -0.25) is 0 Å². The summed E-state index contributed by atoms with van der Waals surface area (Å²) in [6.45, 7) is 2.72. The SMILES string of the molecule is Cc1c(O)c(O)c2c(oc3c(O)c(C)c(O)c(O)c32)c1O. The minimum atomic E-state index is -0.628. The van der Waals surface area contributed by atoms with Crippen LogP contribution in [0.5, 0.6) is 34.5 Å². The summed E-state index contributed by atoms with van der Waals surface area (Å²) in [5, 5.41) is 59.2. The molecule has 0 bridgehead atoms. The Kier molecular flexibility index (Phi) is 2.35. The lowest BCUT2D eigenvalue weighted by atomic mass is 10.0. The molecule has 1 heterocycles. The molecule has 0 radical (unpaired) electrons. The molecule has 0 atom stereocenters. The second-order valence-electron chi connectivity index (χ2n) is 4.85. The van der Waals surface area contributed by atoms with Crippen LogP contribution in [0.25, 0.3) is 21.9 Å².